The Balaban J connectivity index is 1.18. The Morgan fingerprint density at radius 1 is 0.838 bits per heavy atom. The maximum atomic E-state index is 13.2. The molecule has 0 aliphatic carbocycles. The third-order valence-electron chi connectivity index (χ3n) is 7.08. The van der Waals surface area contributed by atoms with Crippen molar-refractivity contribution in [2.45, 2.75) is 38.6 Å². The predicted molar refractivity (Wildman–Crippen MR) is 151 cm³/mol. The normalized spacial score (nSPS) is 14.0. The first kappa shape index (κ1) is 25.2. The lowest BCUT2D eigenvalue weighted by molar-refractivity contribution is -0.132. The quantitative estimate of drug-likeness (QED) is 0.262. The van der Waals surface area contributed by atoms with Gasteiger partial charge in [-0.05, 0) is 41.9 Å². The molecule has 3 aromatic carbocycles. The van der Waals surface area contributed by atoms with Gasteiger partial charge in [-0.1, -0.05) is 91.0 Å². The van der Waals surface area contributed by atoms with E-state index in [2.05, 4.69) is 80.9 Å². The van der Waals surface area contributed by atoms with Crippen molar-refractivity contribution in [2.75, 3.05) is 24.5 Å². The fraction of sp³-hybridized carbons (Fsp3) is 0.323. The molecule has 0 bridgehead atoms. The van der Waals surface area contributed by atoms with E-state index in [0.29, 0.717) is 31.8 Å². The van der Waals surface area contributed by atoms with Gasteiger partial charge in [0.1, 0.15) is 5.82 Å². The maximum Gasteiger partial charge on any atom is 0.224 e. The number of benzene rings is 3. The van der Waals surface area contributed by atoms with E-state index in [1.54, 1.807) is 0 Å². The van der Waals surface area contributed by atoms with Gasteiger partial charge in [0.2, 0.25) is 11.0 Å². The number of aromatic nitrogens is 2. The molecule has 1 aliphatic heterocycles. The second kappa shape index (κ2) is 12.6. The number of nitrogens with zero attached hydrogens (tertiary/aromatic N) is 4. The minimum absolute atomic E-state index is 0.241. The molecule has 0 atom stereocenters. The fourth-order valence-corrected chi connectivity index (χ4v) is 5.70. The van der Waals surface area contributed by atoms with Crippen LogP contribution < -0.4 is 4.90 Å². The zero-order chi connectivity index (χ0) is 25.3. The summed E-state index contributed by atoms with van der Waals surface area (Å²) < 4.78 is 4.63. The lowest BCUT2D eigenvalue weighted by atomic mass is 9.90. The van der Waals surface area contributed by atoms with Crippen molar-refractivity contribution in [3.63, 3.8) is 0 Å². The first-order chi connectivity index (χ1) is 18.2. The van der Waals surface area contributed by atoms with Gasteiger partial charge < -0.3 is 9.80 Å². The third kappa shape index (κ3) is 7.26. The summed E-state index contributed by atoms with van der Waals surface area (Å²) in [6.07, 6.45) is 4.47. The largest absolute Gasteiger partial charge is 0.343 e. The van der Waals surface area contributed by atoms with Gasteiger partial charge in [-0.25, -0.2) is 4.98 Å². The van der Waals surface area contributed by atoms with Crippen LogP contribution in [0.15, 0.2) is 91.0 Å². The molecule has 2 heterocycles. The zero-order valence-electron chi connectivity index (χ0n) is 21.2. The average molecular weight is 511 g/mol. The zero-order valence-corrected chi connectivity index (χ0v) is 22.0. The number of rotatable bonds is 10. The highest BCUT2D eigenvalue weighted by Gasteiger charge is 2.24. The van der Waals surface area contributed by atoms with Crippen LogP contribution in [0.4, 0.5) is 5.13 Å². The van der Waals surface area contributed by atoms with Gasteiger partial charge in [0, 0.05) is 50.6 Å². The summed E-state index contributed by atoms with van der Waals surface area (Å²) in [5.41, 5.74) is 3.80. The molecule has 1 saturated heterocycles. The van der Waals surface area contributed by atoms with Crippen LogP contribution in [0.1, 0.15) is 41.8 Å². The highest BCUT2D eigenvalue weighted by molar-refractivity contribution is 7.09. The fourth-order valence-electron chi connectivity index (χ4n) is 4.99. The van der Waals surface area contributed by atoms with Crippen LogP contribution in [0, 0.1) is 5.92 Å². The molecule has 6 heteroatoms. The number of piperidine rings is 1. The summed E-state index contributed by atoms with van der Waals surface area (Å²) in [7, 11) is 0. The van der Waals surface area contributed by atoms with Crippen LogP contribution in [-0.4, -0.2) is 39.8 Å². The molecule has 0 spiro atoms. The summed E-state index contributed by atoms with van der Waals surface area (Å²) in [5.74, 6) is 1.73. The van der Waals surface area contributed by atoms with Crippen molar-refractivity contribution >= 4 is 22.6 Å². The van der Waals surface area contributed by atoms with Gasteiger partial charge in [0.15, 0.2) is 0 Å². The van der Waals surface area contributed by atoms with Crippen molar-refractivity contribution < 1.29 is 4.79 Å². The molecule has 190 valence electrons. The number of anilines is 1. The first-order valence-electron chi connectivity index (χ1n) is 13.2. The molecule has 0 unspecified atom stereocenters. The van der Waals surface area contributed by atoms with Crippen LogP contribution in [0.5, 0.6) is 0 Å². The topological polar surface area (TPSA) is 49.3 Å². The number of amides is 1. The molecule has 0 radical (unpaired) electrons. The molecular formula is C31H34N4OS. The molecule has 5 rings (SSSR count). The molecule has 1 amide bonds. The molecular weight excluding hydrogens is 476 g/mol. The van der Waals surface area contributed by atoms with Crippen molar-refractivity contribution in [3.8, 4) is 0 Å². The smallest absolute Gasteiger partial charge is 0.224 e. The number of carbonyl (C=O) groups excluding carboxylic acids is 1. The molecule has 5 nitrogen and oxygen atoms in total. The summed E-state index contributed by atoms with van der Waals surface area (Å²) in [4.78, 5) is 22.3. The van der Waals surface area contributed by atoms with E-state index in [1.165, 1.54) is 28.2 Å². The molecule has 1 aliphatic rings. The van der Waals surface area contributed by atoms with Gasteiger partial charge in [-0.3, -0.25) is 4.79 Å². The van der Waals surface area contributed by atoms with Crippen molar-refractivity contribution in [1.29, 1.82) is 0 Å². The lowest BCUT2D eigenvalue weighted by Gasteiger charge is -2.33. The predicted octanol–water partition coefficient (Wildman–Crippen LogP) is 6.01. The van der Waals surface area contributed by atoms with E-state index in [9.17, 15) is 4.79 Å². The minimum Gasteiger partial charge on any atom is -0.343 e. The number of carbonyl (C=O) groups is 1. The van der Waals surface area contributed by atoms with Crippen molar-refractivity contribution in [1.82, 2.24) is 14.3 Å². The highest BCUT2D eigenvalue weighted by Crippen LogP contribution is 2.24. The second-order valence-electron chi connectivity index (χ2n) is 9.83. The Morgan fingerprint density at radius 2 is 1.43 bits per heavy atom. The van der Waals surface area contributed by atoms with E-state index in [-0.39, 0.29) is 5.91 Å². The van der Waals surface area contributed by atoms with Crippen LogP contribution in [0.25, 0.3) is 0 Å². The summed E-state index contributed by atoms with van der Waals surface area (Å²) in [6, 6.07) is 31.4. The first-order valence-corrected chi connectivity index (χ1v) is 14.0. The molecule has 1 fully saturated rings. The second-order valence-corrected chi connectivity index (χ2v) is 10.6. The Hall–Kier alpha value is -3.51. The van der Waals surface area contributed by atoms with Crippen molar-refractivity contribution in [3.05, 3.63) is 114 Å². The average Bonchev–Trinajstić information content (AvgIpc) is 3.41. The SMILES string of the molecule is O=C(CCN(Cc1ccccc1)c1nc(Cc2ccccc2)ns1)N1CCC(Cc2ccccc2)CC1. The van der Waals surface area contributed by atoms with E-state index in [4.69, 9.17) is 4.98 Å². The standard InChI is InChI=1S/C31H34N4OS/c36-30(34-19-16-27(17-20-34)22-25-10-4-1-5-11-25)18-21-35(24-28-14-8-3-9-15-28)31-32-29(33-37-31)23-26-12-6-2-7-13-26/h1-15,27H,16-24H2. The summed E-state index contributed by atoms with van der Waals surface area (Å²) in [5, 5.41) is 0.879. The Labute approximate surface area is 224 Å². The van der Waals surface area contributed by atoms with Gasteiger partial charge in [0.05, 0.1) is 0 Å². The van der Waals surface area contributed by atoms with Crippen LogP contribution in [0.3, 0.4) is 0 Å². The molecule has 4 aromatic rings. The van der Waals surface area contributed by atoms with Gasteiger partial charge >= 0.3 is 0 Å². The van der Waals surface area contributed by atoms with E-state index >= 15 is 0 Å². The number of hydrogen-bond donors (Lipinski definition) is 0. The summed E-state index contributed by atoms with van der Waals surface area (Å²) >= 11 is 1.42. The van der Waals surface area contributed by atoms with E-state index in [1.807, 2.05) is 24.3 Å². The highest BCUT2D eigenvalue weighted by atomic mass is 32.1. The molecule has 1 aromatic heterocycles. The Bertz CT molecular complexity index is 1240. The molecule has 0 N–H and O–H groups in total. The summed E-state index contributed by atoms with van der Waals surface area (Å²) in [6.45, 7) is 3.06. The minimum atomic E-state index is 0.241. The van der Waals surface area contributed by atoms with E-state index in [0.717, 1.165) is 43.3 Å². The lowest BCUT2D eigenvalue weighted by Crippen LogP contribution is -2.40. The number of likely N-dealkylation sites (tertiary alicyclic amines) is 1. The molecule has 37 heavy (non-hydrogen) atoms. The van der Waals surface area contributed by atoms with Gasteiger partial charge in [0.25, 0.3) is 0 Å². The Kier molecular flexibility index (Phi) is 8.59. The molecule has 0 saturated carbocycles. The van der Waals surface area contributed by atoms with Crippen LogP contribution in [0.2, 0.25) is 0 Å². The number of hydrogen-bond acceptors (Lipinski definition) is 5. The van der Waals surface area contributed by atoms with Crippen LogP contribution >= 0.6 is 11.5 Å². The van der Waals surface area contributed by atoms with Gasteiger partial charge in [-0.15, -0.1) is 0 Å². The third-order valence-corrected chi connectivity index (χ3v) is 7.89. The van der Waals surface area contributed by atoms with Crippen molar-refractivity contribution in [2.24, 2.45) is 5.92 Å². The van der Waals surface area contributed by atoms with Gasteiger partial charge in [-0.2, -0.15) is 4.37 Å². The monoisotopic (exact) mass is 510 g/mol. The van der Waals surface area contributed by atoms with Crippen LogP contribution in [-0.2, 0) is 24.2 Å². The Morgan fingerprint density at radius 3 is 2.08 bits per heavy atom. The van der Waals surface area contributed by atoms with E-state index < -0.39 is 0 Å². The maximum absolute atomic E-state index is 13.2.